The number of anilines is 2. The van der Waals surface area contributed by atoms with Crippen molar-refractivity contribution in [3.63, 3.8) is 0 Å². The van der Waals surface area contributed by atoms with Crippen molar-refractivity contribution in [2.45, 2.75) is 38.4 Å². The third kappa shape index (κ3) is 3.53. The van der Waals surface area contributed by atoms with E-state index in [9.17, 15) is 0 Å². The van der Waals surface area contributed by atoms with Crippen molar-refractivity contribution in [1.82, 2.24) is 10.3 Å². The zero-order chi connectivity index (χ0) is 24.3. The topological polar surface area (TPSA) is 49.9 Å². The Balaban J connectivity index is 1.49. The molecule has 1 fully saturated rings. The number of allylic oxidation sites excluding steroid dienone is 1. The minimum Gasteiger partial charge on any atom is -0.454 e. The Morgan fingerprint density at radius 1 is 1.06 bits per heavy atom. The molecule has 0 spiro atoms. The number of hydrogen-bond donors (Lipinski definition) is 1. The van der Waals surface area contributed by atoms with E-state index < -0.39 is 0 Å². The van der Waals surface area contributed by atoms with Crippen LogP contribution in [0.4, 0.5) is 11.4 Å². The van der Waals surface area contributed by atoms with Crippen LogP contribution >= 0.6 is 12.2 Å². The molecule has 2 atom stereocenters. The number of ether oxygens (including phenoxy) is 2. The van der Waals surface area contributed by atoms with Crippen molar-refractivity contribution in [3.8, 4) is 11.5 Å². The lowest BCUT2D eigenvalue weighted by atomic mass is 9.86. The molecule has 3 aromatic rings. The molecular weight excluding hydrogens is 456 g/mol. The lowest BCUT2D eigenvalue weighted by Crippen LogP contribution is -2.42. The summed E-state index contributed by atoms with van der Waals surface area (Å²) in [7, 11) is 2.16. The standard InChI is InChI=1S/C28H28N4O2S/c1-17-15-28(2,3)31(4)22-10-8-18(13-20(17)22)26-25(21-7-5-6-12-29-21)30-27(35)32(26)19-9-11-23-24(14-19)34-16-33-23/h5-15,25-26H,16H2,1-4H3,(H,30,35). The summed E-state index contributed by atoms with van der Waals surface area (Å²) in [6.07, 6.45) is 4.17. The molecule has 1 aromatic heterocycles. The van der Waals surface area contributed by atoms with E-state index in [0.29, 0.717) is 5.11 Å². The van der Waals surface area contributed by atoms with Gasteiger partial charge in [0.15, 0.2) is 16.6 Å². The molecule has 3 aliphatic heterocycles. The van der Waals surface area contributed by atoms with Crippen molar-refractivity contribution >= 4 is 34.3 Å². The van der Waals surface area contributed by atoms with Gasteiger partial charge in [0.25, 0.3) is 0 Å². The highest BCUT2D eigenvalue weighted by atomic mass is 32.1. The molecule has 7 heteroatoms. The van der Waals surface area contributed by atoms with Crippen molar-refractivity contribution in [2.75, 3.05) is 23.6 Å². The number of pyridine rings is 1. The van der Waals surface area contributed by atoms with E-state index in [-0.39, 0.29) is 24.4 Å². The summed E-state index contributed by atoms with van der Waals surface area (Å²) >= 11 is 5.89. The minimum absolute atomic E-state index is 0.0376. The van der Waals surface area contributed by atoms with Gasteiger partial charge in [-0.3, -0.25) is 4.98 Å². The number of nitrogens with zero attached hydrogens (tertiary/aromatic N) is 3. The fourth-order valence-corrected chi connectivity index (χ4v) is 5.71. The van der Waals surface area contributed by atoms with Crippen LogP contribution in [-0.4, -0.2) is 29.5 Å². The van der Waals surface area contributed by atoms with Crippen molar-refractivity contribution in [1.29, 1.82) is 0 Å². The summed E-state index contributed by atoms with van der Waals surface area (Å²) < 4.78 is 11.2. The zero-order valence-electron chi connectivity index (χ0n) is 20.3. The van der Waals surface area contributed by atoms with Gasteiger partial charge in [-0.1, -0.05) is 18.2 Å². The quantitative estimate of drug-likeness (QED) is 0.484. The summed E-state index contributed by atoms with van der Waals surface area (Å²) in [5, 5.41) is 4.21. The lowest BCUT2D eigenvalue weighted by molar-refractivity contribution is 0.174. The number of aromatic nitrogens is 1. The Labute approximate surface area is 211 Å². The number of likely N-dealkylation sites (N-methyl/N-ethyl adjacent to an activating group) is 1. The molecule has 6 rings (SSSR count). The van der Waals surface area contributed by atoms with Crippen LogP contribution in [0.1, 0.15) is 49.7 Å². The average Bonchev–Trinajstić information content (AvgIpc) is 3.46. The maximum absolute atomic E-state index is 5.89. The molecule has 1 N–H and O–H groups in total. The molecule has 1 saturated heterocycles. The molecule has 6 nitrogen and oxygen atoms in total. The summed E-state index contributed by atoms with van der Waals surface area (Å²) in [6.45, 7) is 6.92. The highest BCUT2D eigenvalue weighted by molar-refractivity contribution is 7.80. The third-order valence-electron chi connectivity index (χ3n) is 7.31. The summed E-state index contributed by atoms with van der Waals surface area (Å²) in [4.78, 5) is 9.19. The van der Waals surface area contributed by atoms with E-state index in [1.54, 1.807) is 0 Å². The first-order valence-corrected chi connectivity index (χ1v) is 12.2. The second-order valence-electron chi connectivity index (χ2n) is 9.85. The maximum atomic E-state index is 5.89. The molecule has 2 unspecified atom stereocenters. The van der Waals surface area contributed by atoms with Gasteiger partial charge in [0, 0.05) is 36.2 Å². The molecule has 0 saturated carbocycles. The first-order valence-electron chi connectivity index (χ1n) is 11.8. The van der Waals surface area contributed by atoms with Crippen molar-refractivity contribution < 1.29 is 9.47 Å². The highest BCUT2D eigenvalue weighted by Crippen LogP contribution is 2.46. The number of benzene rings is 2. The SMILES string of the molecule is CC1=CC(C)(C)N(C)c2ccc(C3C(c4ccccn4)NC(=S)N3c3ccc4c(c3)OCO4)cc21. The molecular formula is C28H28N4O2S. The van der Waals surface area contributed by atoms with Crippen LogP contribution in [0.15, 0.2) is 66.9 Å². The van der Waals surface area contributed by atoms with Gasteiger partial charge in [-0.05, 0) is 80.5 Å². The molecule has 0 radical (unpaired) electrons. The van der Waals surface area contributed by atoms with Gasteiger partial charge in [0.05, 0.1) is 23.3 Å². The molecule has 178 valence electrons. The molecule has 35 heavy (non-hydrogen) atoms. The minimum atomic E-state index is -0.103. The van der Waals surface area contributed by atoms with Crippen molar-refractivity contribution in [2.24, 2.45) is 0 Å². The van der Waals surface area contributed by atoms with E-state index in [1.807, 2.05) is 36.5 Å². The van der Waals surface area contributed by atoms with E-state index in [4.69, 9.17) is 21.7 Å². The van der Waals surface area contributed by atoms with Crippen LogP contribution in [0.3, 0.4) is 0 Å². The Morgan fingerprint density at radius 3 is 2.69 bits per heavy atom. The van der Waals surface area contributed by atoms with Crippen LogP contribution in [0.2, 0.25) is 0 Å². The third-order valence-corrected chi connectivity index (χ3v) is 7.63. The molecule has 0 amide bonds. The Hall–Kier alpha value is -3.58. The molecule has 0 aliphatic carbocycles. The average molecular weight is 485 g/mol. The monoisotopic (exact) mass is 484 g/mol. The number of hydrogen-bond acceptors (Lipinski definition) is 5. The maximum Gasteiger partial charge on any atom is 0.231 e. The summed E-state index contributed by atoms with van der Waals surface area (Å²) in [6, 6.07) is 18.6. The number of thiocarbonyl (C=S) groups is 1. The van der Waals surface area contributed by atoms with Crippen LogP contribution in [0.25, 0.3) is 5.57 Å². The largest absolute Gasteiger partial charge is 0.454 e. The van der Waals surface area contributed by atoms with E-state index >= 15 is 0 Å². The molecule has 2 aromatic carbocycles. The van der Waals surface area contributed by atoms with E-state index in [0.717, 1.165) is 22.9 Å². The Kier molecular flexibility index (Phi) is 5.00. The van der Waals surface area contributed by atoms with Crippen LogP contribution < -0.4 is 24.6 Å². The fraction of sp³-hybridized carbons (Fsp3) is 0.286. The lowest BCUT2D eigenvalue weighted by Gasteiger charge is -2.41. The predicted octanol–water partition coefficient (Wildman–Crippen LogP) is 5.62. The Bertz CT molecular complexity index is 1350. The highest BCUT2D eigenvalue weighted by Gasteiger charge is 2.41. The number of nitrogens with one attached hydrogen (secondary N) is 1. The Morgan fingerprint density at radius 2 is 1.89 bits per heavy atom. The molecule has 4 heterocycles. The second-order valence-corrected chi connectivity index (χ2v) is 10.2. The van der Waals surface area contributed by atoms with Gasteiger partial charge >= 0.3 is 0 Å². The molecule has 0 bridgehead atoms. The second kappa shape index (κ2) is 7.99. The zero-order valence-corrected chi connectivity index (χ0v) is 21.1. The number of rotatable bonds is 3. The van der Waals surface area contributed by atoms with Gasteiger partial charge in [0.2, 0.25) is 6.79 Å². The van der Waals surface area contributed by atoms with Crippen molar-refractivity contribution in [3.05, 3.63) is 83.7 Å². The smallest absolute Gasteiger partial charge is 0.231 e. The van der Waals surface area contributed by atoms with Gasteiger partial charge in [0.1, 0.15) is 0 Å². The summed E-state index contributed by atoms with van der Waals surface area (Å²) in [5.41, 5.74) is 6.80. The first-order chi connectivity index (χ1) is 16.8. The molecule has 3 aliphatic rings. The van der Waals surface area contributed by atoms with Gasteiger partial charge in [-0.2, -0.15) is 0 Å². The fourth-order valence-electron chi connectivity index (χ4n) is 5.37. The van der Waals surface area contributed by atoms with Crippen LogP contribution in [0, 0.1) is 0 Å². The van der Waals surface area contributed by atoms with Crippen LogP contribution in [-0.2, 0) is 0 Å². The van der Waals surface area contributed by atoms with Gasteiger partial charge in [-0.25, -0.2) is 0 Å². The van der Waals surface area contributed by atoms with E-state index in [1.165, 1.54) is 22.4 Å². The summed E-state index contributed by atoms with van der Waals surface area (Å²) in [5.74, 6) is 1.49. The van der Waals surface area contributed by atoms with Gasteiger partial charge in [-0.15, -0.1) is 0 Å². The number of fused-ring (bicyclic) bond motifs is 2. The first kappa shape index (κ1) is 21.9. The normalized spacial score (nSPS) is 22.1. The van der Waals surface area contributed by atoms with Gasteiger partial charge < -0.3 is 24.6 Å². The van der Waals surface area contributed by atoms with Crippen LogP contribution in [0.5, 0.6) is 11.5 Å². The van der Waals surface area contributed by atoms with E-state index in [2.05, 4.69) is 78.3 Å². The predicted molar refractivity (Wildman–Crippen MR) is 143 cm³/mol.